The van der Waals surface area contributed by atoms with Crippen LogP contribution in [0.1, 0.15) is 19.4 Å². The van der Waals surface area contributed by atoms with E-state index in [0.717, 1.165) is 11.3 Å². The third kappa shape index (κ3) is 5.98. The summed E-state index contributed by atoms with van der Waals surface area (Å²) in [5.74, 6) is 1.37. The molecule has 0 atom stereocenters. The first-order valence-electron chi connectivity index (χ1n) is 7.68. The predicted molar refractivity (Wildman–Crippen MR) is 88.4 cm³/mol. The minimum atomic E-state index is -0.0184. The number of amides is 1. The van der Waals surface area contributed by atoms with E-state index in [0.29, 0.717) is 25.6 Å². The average molecular weight is 314 g/mol. The molecule has 1 amide bonds. The molecule has 1 heterocycles. The molecule has 1 aromatic carbocycles. The number of aromatic nitrogens is 1. The lowest BCUT2D eigenvalue weighted by atomic mass is 10.2. The number of nitrogens with zero attached hydrogens (tertiary/aromatic N) is 1. The molecule has 1 N–H and O–H groups in total. The van der Waals surface area contributed by atoms with Crippen LogP contribution in [0.2, 0.25) is 0 Å². The van der Waals surface area contributed by atoms with Gasteiger partial charge >= 0.3 is 0 Å². The molecule has 23 heavy (non-hydrogen) atoms. The van der Waals surface area contributed by atoms with Gasteiger partial charge < -0.3 is 14.8 Å². The van der Waals surface area contributed by atoms with Gasteiger partial charge in [-0.25, -0.2) is 4.98 Å². The minimum absolute atomic E-state index is 0.0184. The Morgan fingerprint density at radius 3 is 2.48 bits per heavy atom. The molecular formula is C18H22N2O3. The average Bonchev–Trinajstić information content (AvgIpc) is 2.58. The molecule has 0 saturated carbocycles. The molecule has 1 aromatic heterocycles. The third-order valence-electron chi connectivity index (χ3n) is 3.13. The minimum Gasteiger partial charge on any atom is -0.490 e. The standard InChI is InChI=1S/C18H22N2O3/c1-14(2)18(21)20-13-15-8-9-17(19-12-15)23-11-10-22-16-6-4-3-5-7-16/h3-9,12,14H,10-11,13H2,1-2H3,(H,20,21). The fourth-order valence-corrected chi connectivity index (χ4v) is 1.82. The molecule has 0 radical (unpaired) electrons. The first kappa shape index (κ1) is 16.8. The second-order valence-electron chi connectivity index (χ2n) is 5.39. The fraction of sp³-hybridized carbons (Fsp3) is 0.333. The maximum absolute atomic E-state index is 11.5. The van der Waals surface area contributed by atoms with Crippen LogP contribution in [0, 0.1) is 5.92 Å². The number of pyridine rings is 1. The predicted octanol–water partition coefficient (Wildman–Crippen LogP) is 2.81. The number of rotatable bonds is 8. The number of carbonyl (C=O) groups is 1. The largest absolute Gasteiger partial charge is 0.490 e. The van der Waals surface area contributed by atoms with Gasteiger partial charge in [-0.15, -0.1) is 0 Å². The van der Waals surface area contributed by atoms with Crippen LogP contribution in [0.25, 0.3) is 0 Å². The van der Waals surface area contributed by atoms with Crippen molar-refractivity contribution in [2.24, 2.45) is 5.92 Å². The third-order valence-corrected chi connectivity index (χ3v) is 3.13. The lowest BCUT2D eigenvalue weighted by Gasteiger charge is -2.09. The van der Waals surface area contributed by atoms with Crippen molar-refractivity contribution in [3.05, 3.63) is 54.2 Å². The summed E-state index contributed by atoms with van der Waals surface area (Å²) in [6, 6.07) is 13.3. The van der Waals surface area contributed by atoms with Gasteiger partial charge in [0, 0.05) is 24.7 Å². The lowest BCUT2D eigenvalue weighted by Crippen LogP contribution is -2.27. The van der Waals surface area contributed by atoms with E-state index < -0.39 is 0 Å². The first-order chi connectivity index (χ1) is 11.1. The van der Waals surface area contributed by atoms with E-state index in [9.17, 15) is 4.79 Å². The molecule has 0 spiro atoms. The van der Waals surface area contributed by atoms with Crippen LogP contribution < -0.4 is 14.8 Å². The summed E-state index contributed by atoms with van der Waals surface area (Å²) in [5.41, 5.74) is 0.937. The van der Waals surface area contributed by atoms with Gasteiger partial charge in [0.1, 0.15) is 19.0 Å². The smallest absolute Gasteiger partial charge is 0.222 e. The highest BCUT2D eigenvalue weighted by molar-refractivity contribution is 5.77. The lowest BCUT2D eigenvalue weighted by molar-refractivity contribution is -0.124. The van der Waals surface area contributed by atoms with Crippen molar-refractivity contribution in [3.8, 4) is 11.6 Å². The Kier molecular flexibility index (Phi) is 6.41. The molecule has 5 heteroatoms. The highest BCUT2D eigenvalue weighted by Crippen LogP contribution is 2.10. The van der Waals surface area contributed by atoms with Gasteiger partial charge in [-0.2, -0.15) is 0 Å². The summed E-state index contributed by atoms with van der Waals surface area (Å²) in [4.78, 5) is 15.7. The number of carbonyl (C=O) groups excluding carboxylic acids is 1. The van der Waals surface area contributed by atoms with Gasteiger partial charge in [-0.3, -0.25) is 4.79 Å². The van der Waals surface area contributed by atoms with E-state index in [1.807, 2.05) is 50.2 Å². The molecule has 0 bridgehead atoms. The summed E-state index contributed by atoms with van der Waals surface area (Å²) in [6.07, 6.45) is 1.70. The zero-order chi connectivity index (χ0) is 16.5. The Morgan fingerprint density at radius 1 is 1.09 bits per heavy atom. The maximum atomic E-state index is 11.5. The van der Waals surface area contributed by atoms with Crippen LogP contribution >= 0.6 is 0 Å². The Morgan fingerprint density at radius 2 is 1.83 bits per heavy atom. The second-order valence-corrected chi connectivity index (χ2v) is 5.39. The van der Waals surface area contributed by atoms with E-state index in [2.05, 4.69) is 10.3 Å². The number of hydrogen-bond acceptors (Lipinski definition) is 4. The van der Waals surface area contributed by atoms with E-state index in [1.165, 1.54) is 0 Å². The van der Waals surface area contributed by atoms with Gasteiger partial charge in [0.2, 0.25) is 11.8 Å². The Balaban J connectivity index is 1.69. The number of hydrogen-bond donors (Lipinski definition) is 1. The van der Waals surface area contributed by atoms with Crippen molar-refractivity contribution in [1.29, 1.82) is 0 Å². The highest BCUT2D eigenvalue weighted by atomic mass is 16.5. The summed E-state index contributed by atoms with van der Waals surface area (Å²) in [5, 5.41) is 2.85. The van der Waals surface area contributed by atoms with Crippen LogP contribution in [0.5, 0.6) is 11.6 Å². The van der Waals surface area contributed by atoms with Gasteiger partial charge in [0.15, 0.2) is 0 Å². The first-order valence-corrected chi connectivity index (χ1v) is 7.68. The molecule has 0 fully saturated rings. The van der Waals surface area contributed by atoms with Crippen molar-refractivity contribution in [1.82, 2.24) is 10.3 Å². The molecule has 0 unspecified atom stereocenters. The van der Waals surface area contributed by atoms with Crippen molar-refractivity contribution < 1.29 is 14.3 Å². The highest BCUT2D eigenvalue weighted by Gasteiger charge is 2.06. The zero-order valence-electron chi connectivity index (χ0n) is 13.5. The topological polar surface area (TPSA) is 60.5 Å². The second kappa shape index (κ2) is 8.78. The Labute approximate surface area is 136 Å². The van der Waals surface area contributed by atoms with Crippen LogP contribution in [-0.4, -0.2) is 24.1 Å². The van der Waals surface area contributed by atoms with Crippen LogP contribution in [-0.2, 0) is 11.3 Å². The van der Waals surface area contributed by atoms with Crippen molar-refractivity contribution >= 4 is 5.91 Å². The number of benzene rings is 1. The quantitative estimate of drug-likeness (QED) is 0.761. The summed E-state index contributed by atoms with van der Waals surface area (Å²) >= 11 is 0. The molecule has 0 saturated heterocycles. The normalized spacial score (nSPS) is 10.4. The number of ether oxygens (including phenoxy) is 2. The Bertz CT molecular complexity index is 597. The van der Waals surface area contributed by atoms with Crippen LogP contribution in [0.15, 0.2) is 48.7 Å². The number of para-hydroxylation sites is 1. The van der Waals surface area contributed by atoms with Gasteiger partial charge in [0.25, 0.3) is 0 Å². The van der Waals surface area contributed by atoms with E-state index in [4.69, 9.17) is 9.47 Å². The van der Waals surface area contributed by atoms with Gasteiger partial charge in [0.05, 0.1) is 0 Å². The van der Waals surface area contributed by atoms with Crippen LogP contribution in [0.4, 0.5) is 0 Å². The molecule has 0 aliphatic heterocycles. The summed E-state index contributed by atoms with van der Waals surface area (Å²) < 4.78 is 11.1. The molecule has 122 valence electrons. The molecular weight excluding hydrogens is 292 g/mol. The Hall–Kier alpha value is -2.56. The van der Waals surface area contributed by atoms with E-state index in [1.54, 1.807) is 12.3 Å². The number of nitrogens with one attached hydrogen (secondary N) is 1. The molecule has 2 rings (SSSR count). The molecule has 5 nitrogen and oxygen atoms in total. The van der Waals surface area contributed by atoms with Gasteiger partial charge in [-0.1, -0.05) is 38.1 Å². The van der Waals surface area contributed by atoms with Crippen molar-refractivity contribution in [2.45, 2.75) is 20.4 Å². The van der Waals surface area contributed by atoms with E-state index in [-0.39, 0.29) is 11.8 Å². The maximum Gasteiger partial charge on any atom is 0.222 e. The summed E-state index contributed by atoms with van der Waals surface area (Å²) in [7, 11) is 0. The van der Waals surface area contributed by atoms with E-state index >= 15 is 0 Å². The molecule has 0 aliphatic rings. The van der Waals surface area contributed by atoms with Gasteiger partial charge in [-0.05, 0) is 17.7 Å². The monoisotopic (exact) mass is 314 g/mol. The van der Waals surface area contributed by atoms with Crippen LogP contribution in [0.3, 0.4) is 0 Å². The summed E-state index contributed by atoms with van der Waals surface area (Å²) in [6.45, 7) is 5.08. The fourth-order valence-electron chi connectivity index (χ4n) is 1.82. The van der Waals surface area contributed by atoms with Crippen molar-refractivity contribution in [2.75, 3.05) is 13.2 Å². The zero-order valence-corrected chi connectivity index (χ0v) is 13.5. The molecule has 0 aliphatic carbocycles. The van der Waals surface area contributed by atoms with Crippen molar-refractivity contribution in [3.63, 3.8) is 0 Å². The molecule has 2 aromatic rings. The SMILES string of the molecule is CC(C)C(=O)NCc1ccc(OCCOc2ccccc2)nc1.